The van der Waals surface area contributed by atoms with Crippen LogP contribution in [-0.2, 0) is 22.6 Å². The van der Waals surface area contributed by atoms with E-state index in [1.165, 1.54) is 6.07 Å². The van der Waals surface area contributed by atoms with Gasteiger partial charge in [-0.3, -0.25) is 0 Å². The molecule has 102 valence electrons. The van der Waals surface area contributed by atoms with Gasteiger partial charge in [0.05, 0.1) is 10.5 Å². The maximum absolute atomic E-state index is 12.7. The van der Waals surface area contributed by atoms with Crippen LogP contribution in [0.5, 0.6) is 0 Å². The van der Waals surface area contributed by atoms with Crippen molar-refractivity contribution in [1.82, 2.24) is 4.72 Å². The molecule has 0 aliphatic rings. The van der Waals surface area contributed by atoms with Gasteiger partial charge in [-0.15, -0.1) is 0 Å². The highest BCUT2D eigenvalue weighted by Crippen LogP contribution is 2.31. The molecular weight excluding hydrogens is 335 g/mol. The average molecular weight is 346 g/mol. The minimum Gasteiger partial charge on any atom is -0.214 e. The average Bonchev–Trinajstić information content (AvgIpc) is 2.28. The van der Waals surface area contributed by atoms with E-state index in [-0.39, 0.29) is 4.90 Å². The monoisotopic (exact) mass is 345 g/mol. The molecule has 0 aliphatic heterocycles. The summed E-state index contributed by atoms with van der Waals surface area (Å²) in [7, 11) is -2.73. The molecule has 0 amide bonds. The van der Waals surface area contributed by atoms with E-state index >= 15 is 0 Å². The molecule has 0 unspecified atom stereocenters. The van der Waals surface area contributed by atoms with E-state index in [0.717, 1.165) is 13.1 Å². The number of alkyl halides is 4. The van der Waals surface area contributed by atoms with Gasteiger partial charge >= 0.3 is 6.18 Å². The van der Waals surface area contributed by atoms with E-state index in [0.29, 0.717) is 23.4 Å². The number of aryl methyl sites for hydroxylation is 1. The second kappa shape index (κ2) is 5.58. The molecule has 0 aliphatic carbocycles. The Balaban J connectivity index is 3.41. The summed E-state index contributed by atoms with van der Waals surface area (Å²) in [4.78, 5) is -0.379. The van der Waals surface area contributed by atoms with Crippen molar-refractivity contribution in [2.45, 2.75) is 17.5 Å². The van der Waals surface area contributed by atoms with Crippen LogP contribution in [0.3, 0.4) is 0 Å². The Labute approximate surface area is 112 Å². The molecule has 0 radical (unpaired) electrons. The molecule has 3 nitrogen and oxygen atoms in total. The molecule has 0 saturated heterocycles. The SMILES string of the molecule is CNS(=O)(=O)c1cc(CCBr)cc(C(F)(F)F)c1. The van der Waals surface area contributed by atoms with Crippen LogP contribution < -0.4 is 4.72 Å². The molecule has 1 rings (SSSR count). The fourth-order valence-corrected chi connectivity index (χ4v) is 2.63. The summed E-state index contributed by atoms with van der Waals surface area (Å²) in [6.07, 6.45) is -4.25. The third-order valence-corrected chi connectivity index (χ3v) is 4.05. The number of nitrogens with one attached hydrogen (secondary N) is 1. The first-order valence-electron chi connectivity index (χ1n) is 4.91. The standard InChI is InChI=1S/C10H11BrF3NO2S/c1-15-18(16,17)9-5-7(2-3-11)4-8(6-9)10(12,13)14/h4-6,15H,2-3H2,1H3. The minimum absolute atomic E-state index is 0.315. The second-order valence-corrected chi connectivity index (χ2v) is 6.19. The molecule has 0 aromatic heterocycles. The van der Waals surface area contributed by atoms with Crippen LogP contribution in [0.2, 0.25) is 0 Å². The lowest BCUT2D eigenvalue weighted by Gasteiger charge is -2.11. The maximum Gasteiger partial charge on any atom is 0.416 e. The van der Waals surface area contributed by atoms with Gasteiger partial charge in [0, 0.05) is 5.33 Å². The second-order valence-electron chi connectivity index (χ2n) is 3.51. The zero-order valence-electron chi connectivity index (χ0n) is 9.38. The van der Waals surface area contributed by atoms with Crippen LogP contribution in [0.1, 0.15) is 11.1 Å². The van der Waals surface area contributed by atoms with Crippen molar-refractivity contribution in [3.63, 3.8) is 0 Å². The highest BCUT2D eigenvalue weighted by atomic mass is 79.9. The van der Waals surface area contributed by atoms with E-state index in [2.05, 4.69) is 15.9 Å². The van der Waals surface area contributed by atoms with Gasteiger partial charge in [-0.05, 0) is 37.2 Å². The summed E-state index contributed by atoms with van der Waals surface area (Å²) in [5, 5.41) is 0.452. The van der Waals surface area contributed by atoms with Crippen molar-refractivity contribution in [2.75, 3.05) is 12.4 Å². The molecule has 0 bridgehead atoms. The number of rotatable bonds is 4. The van der Waals surface area contributed by atoms with Crippen molar-refractivity contribution >= 4 is 26.0 Å². The number of hydrogen-bond acceptors (Lipinski definition) is 2. The minimum atomic E-state index is -4.57. The van der Waals surface area contributed by atoms with Crippen molar-refractivity contribution in [2.24, 2.45) is 0 Å². The molecule has 1 aromatic carbocycles. The largest absolute Gasteiger partial charge is 0.416 e. The Morgan fingerprint density at radius 2 is 1.89 bits per heavy atom. The Bertz CT molecular complexity index is 528. The van der Waals surface area contributed by atoms with E-state index in [1.807, 2.05) is 4.72 Å². The van der Waals surface area contributed by atoms with Crippen LogP contribution >= 0.6 is 15.9 Å². The highest BCUT2D eigenvalue weighted by molar-refractivity contribution is 9.09. The van der Waals surface area contributed by atoms with E-state index in [4.69, 9.17) is 0 Å². The topological polar surface area (TPSA) is 46.2 Å². The van der Waals surface area contributed by atoms with Gasteiger partial charge in [0.25, 0.3) is 0 Å². The first-order valence-corrected chi connectivity index (χ1v) is 7.52. The zero-order valence-corrected chi connectivity index (χ0v) is 11.8. The summed E-state index contributed by atoms with van der Waals surface area (Å²) < 4.78 is 63.1. The van der Waals surface area contributed by atoms with E-state index in [9.17, 15) is 21.6 Å². The number of halogens is 4. The lowest BCUT2D eigenvalue weighted by atomic mass is 10.1. The molecule has 18 heavy (non-hydrogen) atoms. The smallest absolute Gasteiger partial charge is 0.214 e. The van der Waals surface area contributed by atoms with Gasteiger partial charge in [0.15, 0.2) is 0 Å². The fourth-order valence-electron chi connectivity index (χ4n) is 1.35. The van der Waals surface area contributed by atoms with Crippen molar-refractivity contribution in [1.29, 1.82) is 0 Å². The third kappa shape index (κ3) is 3.69. The van der Waals surface area contributed by atoms with Crippen molar-refractivity contribution in [3.05, 3.63) is 29.3 Å². The molecular formula is C10H11BrF3NO2S. The lowest BCUT2D eigenvalue weighted by Crippen LogP contribution is -2.20. The summed E-state index contributed by atoms with van der Waals surface area (Å²) in [5.41, 5.74) is -0.648. The van der Waals surface area contributed by atoms with Gasteiger partial charge in [0.2, 0.25) is 10.0 Å². The van der Waals surface area contributed by atoms with Crippen LogP contribution in [0.15, 0.2) is 23.1 Å². The van der Waals surface area contributed by atoms with E-state index < -0.39 is 21.8 Å². The molecule has 0 spiro atoms. The summed E-state index contributed by atoms with van der Waals surface area (Å²) >= 11 is 3.11. The third-order valence-electron chi connectivity index (χ3n) is 2.26. The molecule has 8 heteroatoms. The lowest BCUT2D eigenvalue weighted by molar-refractivity contribution is -0.137. The van der Waals surface area contributed by atoms with E-state index in [1.54, 1.807) is 0 Å². The quantitative estimate of drug-likeness (QED) is 0.852. The predicted molar refractivity (Wildman–Crippen MR) is 65.2 cm³/mol. The maximum atomic E-state index is 12.7. The molecule has 0 saturated carbocycles. The predicted octanol–water partition coefficient (Wildman–Crippen LogP) is 2.55. The first-order chi connectivity index (χ1) is 8.20. The Hall–Kier alpha value is -0.600. The summed E-state index contributed by atoms with van der Waals surface area (Å²) in [6.45, 7) is 0. The molecule has 0 heterocycles. The highest BCUT2D eigenvalue weighted by Gasteiger charge is 2.32. The molecule has 1 aromatic rings. The van der Waals surface area contributed by atoms with Crippen LogP contribution in [0.25, 0.3) is 0 Å². The Kier molecular flexibility index (Phi) is 4.79. The number of sulfonamides is 1. The molecule has 1 N–H and O–H groups in total. The number of hydrogen-bond donors (Lipinski definition) is 1. The normalized spacial score (nSPS) is 12.7. The number of benzene rings is 1. The van der Waals surface area contributed by atoms with Gasteiger partial charge in [-0.2, -0.15) is 13.2 Å². The van der Waals surface area contributed by atoms with Crippen LogP contribution in [0.4, 0.5) is 13.2 Å². The van der Waals surface area contributed by atoms with Gasteiger partial charge < -0.3 is 0 Å². The fraction of sp³-hybridized carbons (Fsp3) is 0.400. The Morgan fingerprint density at radius 1 is 1.28 bits per heavy atom. The van der Waals surface area contributed by atoms with Gasteiger partial charge in [0.1, 0.15) is 0 Å². The van der Waals surface area contributed by atoms with Gasteiger partial charge in [-0.25, -0.2) is 13.1 Å². The first kappa shape index (κ1) is 15.5. The molecule has 0 fully saturated rings. The van der Waals surface area contributed by atoms with Crippen molar-refractivity contribution < 1.29 is 21.6 Å². The van der Waals surface area contributed by atoms with Crippen LogP contribution in [0, 0.1) is 0 Å². The zero-order chi connectivity index (χ0) is 14.0. The Morgan fingerprint density at radius 3 is 2.33 bits per heavy atom. The van der Waals surface area contributed by atoms with Gasteiger partial charge in [-0.1, -0.05) is 15.9 Å². The van der Waals surface area contributed by atoms with Crippen LogP contribution in [-0.4, -0.2) is 20.8 Å². The summed E-state index contributed by atoms with van der Waals surface area (Å²) in [5.74, 6) is 0. The summed E-state index contributed by atoms with van der Waals surface area (Å²) in [6, 6.07) is 2.82. The van der Waals surface area contributed by atoms with Crippen molar-refractivity contribution in [3.8, 4) is 0 Å². The molecule has 0 atom stereocenters.